The van der Waals surface area contributed by atoms with E-state index in [-0.39, 0.29) is 11.5 Å². The summed E-state index contributed by atoms with van der Waals surface area (Å²) in [4.78, 5) is 16.5. The lowest BCUT2D eigenvalue weighted by Crippen LogP contribution is -2.43. The normalized spacial score (nSPS) is 31.4. The minimum absolute atomic E-state index is 0.000855. The van der Waals surface area contributed by atoms with Gasteiger partial charge in [-0.3, -0.25) is 9.69 Å². The summed E-state index contributed by atoms with van der Waals surface area (Å²) in [6.45, 7) is 6.84. The summed E-state index contributed by atoms with van der Waals surface area (Å²) >= 11 is 0. The number of benzene rings is 1. The number of nitrogens with one attached hydrogen (secondary N) is 1. The van der Waals surface area contributed by atoms with E-state index in [0.717, 1.165) is 44.8 Å². The van der Waals surface area contributed by atoms with Crippen LogP contribution in [0.5, 0.6) is 5.75 Å². The van der Waals surface area contributed by atoms with Crippen LogP contribution in [0.2, 0.25) is 0 Å². The molecule has 0 aliphatic carbocycles. The van der Waals surface area contributed by atoms with E-state index < -0.39 is 0 Å². The fraction of sp³-hybridized carbons (Fsp3) is 0.682. The summed E-state index contributed by atoms with van der Waals surface area (Å²) in [5.41, 5.74) is 1.28. The number of hydrogen-bond donors (Lipinski definition) is 1. The van der Waals surface area contributed by atoms with Crippen LogP contribution in [0.4, 0.5) is 0 Å². The third kappa shape index (κ3) is 3.91. The molecule has 1 aromatic rings. The number of fused-ring (bicyclic) bond motifs is 1. The lowest BCUT2D eigenvalue weighted by atomic mass is 9.73. The van der Waals surface area contributed by atoms with Gasteiger partial charge in [-0.2, -0.15) is 0 Å². The van der Waals surface area contributed by atoms with Crippen LogP contribution in [0.25, 0.3) is 0 Å². The Morgan fingerprint density at radius 2 is 2.29 bits per heavy atom. The highest BCUT2D eigenvalue weighted by atomic mass is 16.5. The molecule has 1 spiro atoms. The smallest absolute Gasteiger partial charge is 0.234 e. The first-order valence-electron chi connectivity index (χ1n) is 10.5. The maximum absolute atomic E-state index is 12.1. The van der Waals surface area contributed by atoms with E-state index in [1.165, 1.54) is 5.56 Å². The van der Waals surface area contributed by atoms with Crippen molar-refractivity contribution in [2.45, 2.75) is 38.0 Å². The number of carbonyl (C=O) groups is 1. The Kier molecular flexibility index (Phi) is 5.63. The van der Waals surface area contributed by atoms with Crippen molar-refractivity contribution in [2.24, 2.45) is 11.8 Å². The maximum Gasteiger partial charge on any atom is 0.234 e. The van der Waals surface area contributed by atoms with Crippen LogP contribution in [-0.4, -0.2) is 74.3 Å². The highest BCUT2D eigenvalue weighted by molar-refractivity contribution is 5.77. The Morgan fingerprint density at radius 1 is 1.43 bits per heavy atom. The molecule has 1 amide bonds. The molecule has 154 valence electrons. The second kappa shape index (κ2) is 8.01. The topological polar surface area (TPSA) is 54.0 Å². The zero-order valence-corrected chi connectivity index (χ0v) is 17.3. The molecule has 6 heteroatoms. The van der Waals surface area contributed by atoms with Crippen LogP contribution in [-0.2, 0) is 16.1 Å². The number of ether oxygens (including phenoxy) is 2. The Morgan fingerprint density at radius 3 is 3.07 bits per heavy atom. The molecule has 4 atom stereocenters. The summed E-state index contributed by atoms with van der Waals surface area (Å²) in [6, 6.07) is 8.40. The highest BCUT2D eigenvalue weighted by Crippen LogP contribution is 2.54. The van der Waals surface area contributed by atoms with Crippen molar-refractivity contribution in [3.05, 3.63) is 29.8 Å². The van der Waals surface area contributed by atoms with Gasteiger partial charge in [-0.25, -0.2) is 0 Å². The standard InChI is InChI=1S/C22H33N3O3/c1-4-27-17-7-5-6-16(10-17)12-25-13-19-18(11-23-21(26)14-24(2)3)20-8-9-22(19,15-25)28-20/h5-7,10,18-20H,4,8-9,11-15H2,1-3H3,(H,23,26)/t18-,19+,20+,22+/m0/s1. The molecule has 0 aromatic heterocycles. The summed E-state index contributed by atoms with van der Waals surface area (Å²) in [5, 5.41) is 3.14. The first-order chi connectivity index (χ1) is 13.5. The van der Waals surface area contributed by atoms with Crippen LogP contribution in [0, 0.1) is 11.8 Å². The average Bonchev–Trinajstić information content (AvgIpc) is 3.28. The van der Waals surface area contributed by atoms with E-state index in [1.54, 1.807) is 0 Å². The first kappa shape index (κ1) is 19.7. The molecule has 0 unspecified atom stereocenters. The molecule has 0 radical (unpaired) electrons. The number of amides is 1. The number of rotatable bonds is 8. The lowest BCUT2D eigenvalue weighted by Gasteiger charge is -2.29. The highest BCUT2D eigenvalue weighted by Gasteiger charge is 2.62. The van der Waals surface area contributed by atoms with Gasteiger partial charge in [-0.15, -0.1) is 0 Å². The second-order valence-electron chi connectivity index (χ2n) is 8.82. The molecule has 4 rings (SSSR count). The minimum atomic E-state index is -0.000855. The van der Waals surface area contributed by atoms with Crippen LogP contribution < -0.4 is 10.1 Å². The molecule has 0 saturated carbocycles. The molecule has 2 bridgehead atoms. The van der Waals surface area contributed by atoms with E-state index in [9.17, 15) is 4.79 Å². The quantitative estimate of drug-likeness (QED) is 0.736. The Balaban J connectivity index is 1.38. The minimum Gasteiger partial charge on any atom is -0.494 e. The summed E-state index contributed by atoms with van der Waals surface area (Å²) in [7, 11) is 3.84. The Bertz CT molecular complexity index is 710. The number of nitrogens with zero attached hydrogens (tertiary/aromatic N) is 2. The molecule has 3 saturated heterocycles. The molecule has 28 heavy (non-hydrogen) atoms. The first-order valence-corrected chi connectivity index (χ1v) is 10.5. The van der Waals surface area contributed by atoms with Crippen LogP contribution >= 0.6 is 0 Å². The SMILES string of the molecule is CCOc1cccc(CN2C[C@@H]3[C@H](CNC(=O)CN(C)C)[C@H]4CC[C@]3(C2)O4)c1. The summed E-state index contributed by atoms with van der Waals surface area (Å²) in [6.07, 6.45) is 2.59. The van der Waals surface area contributed by atoms with Gasteiger partial charge in [0.1, 0.15) is 5.75 Å². The fourth-order valence-electron chi connectivity index (χ4n) is 5.41. The monoisotopic (exact) mass is 387 g/mol. The van der Waals surface area contributed by atoms with Crippen molar-refractivity contribution in [2.75, 3.05) is 46.9 Å². The van der Waals surface area contributed by atoms with Crippen molar-refractivity contribution in [1.29, 1.82) is 0 Å². The van der Waals surface area contributed by atoms with E-state index in [1.807, 2.05) is 32.0 Å². The second-order valence-corrected chi connectivity index (χ2v) is 8.82. The van der Waals surface area contributed by atoms with Gasteiger partial charge in [-0.05, 0) is 51.6 Å². The van der Waals surface area contributed by atoms with E-state index in [4.69, 9.17) is 9.47 Å². The molecule has 3 aliphatic heterocycles. The number of hydrogen-bond acceptors (Lipinski definition) is 5. The molecule has 1 N–H and O–H groups in total. The molecule has 3 heterocycles. The van der Waals surface area contributed by atoms with E-state index >= 15 is 0 Å². The Hall–Kier alpha value is -1.63. The molecule has 1 aromatic carbocycles. The van der Waals surface area contributed by atoms with Crippen LogP contribution in [0.1, 0.15) is 25.3 Å². The van der Waals surface area contributed by atoms with E-state index in [2.05, 4.69) is 28.4 Å². The van der Waals surface area contributed by atoms with Crippen molar-refractivity contribution in [1.82, 2.24) is 15.1 Å². The van der Waals surface area contributed by atoms with Gasteiger partial charge < -0.3 is 19.7 Å². The van der Waals surface area contributed by atoms with Gasteiger partial charge in [0.2, 0.25) is 5.91 Å². The predicted octanol–water partition coefficient (Wildman–Crippen LogP) is 1.74. The van der Waals surface area contributed by atoms with E-state index in [0.29, 0.717) is 31.1 Å². The summed E-state index contributed by atoms with van der Waals surface area (Å²) in [5.74, 6) is 1.99. The zero-order valence-electron chi connectivity index (χ0n) is 17.3. The number of carbonyl (C=O) groups excluding carboxylic acids is 1. The average molecular weight is 388 g/mol. The molecular weight excluding hydrogens is 354 g/mol. The predicted molar refractivity (Wildman–Crippen MR) is 108 cm³/mol. The van der Waals surface area contributed by atoms with Crippen LogP contribution in [0.15, 0.2) is 24.3 Å². The molecular formula is C22H33N3O3. The lowest BCUT2D eigenvalue weighted by molar-refractivity contribution is -0.122. The van der Waals surface area contributed by atoms with Gasteiger partial charge in [0.15, 0.2) is 0 Å². The largest absolute Gasteiger partial charge is 0.494 e. The maximum atomic E-state index is 12.1. The molecule has 3 fully saturated rings. The summed E-state index contributed by atoms with van der Waals surface area (Å²) < 4.78 is 12.2. The van der Waals surface area contributed by atoms with Crippen molar-refractivity contribution < 1.29 is 14.3 Å². The molecule has 3 aliphatic rings. The van der Waals surface area contributed by atoms with Gasteiger partial charge in [0.05, 0.1) is 24.9 Å². The third-order valence-corrected chi connectivity index (χ3v) is 6.46. The van der Waals surface area contributed by atoms with Crippen molar-refractivity contribution in [3.8, 4) is 5.75 Å². The van der Waals surface area contributed by atoms with Crippen LogP contribution in [0.3, 0.4) is 0 Å². The third-order valence-electron chi connectivity index (χ3n) is 6.46. The van der Waals surface area contributed by atoms with Crippen molar-refractivity contribution in [3.63, 3.8) is 0 Å². The number of likely N-dealkylation sites (tertiary alicyclic amines) is 1. The zero-order chi connectivity index (χ0) is 19.7. The van der Waals surface area contributed by atoms with Gasteiger partial charge in [0.25, 0.3) is 0 Å². The fourth-order valence-corrected chi connectivity index (χ4v) is 5.41. The van der Waals surface area contributed by atoms with Crippen molar-refractivity contribution >= 4 is 5.91 Å². The van der Waals surface area contributed by atoms with Gasteiger partial charge in [0, 0.05) is 38.0 Å². The Labute approximate surface area is 168 Å². The van der Waals surface area contributed by atoms with Gasteiger partial charge >= 0.3 is 0 Å². The van der Waals surface area contributed by atoms with Gasteiger partial charge in [-0.1, -0.05) is 12.1 Å². The molecule has 6 nitrogen and oxygen atoms in total. The number of likely N-dealkylation sites (N-methyl/N-ethyl adjacent to an activating group) is 1.